The number of aromatic hydroxyl groups is 1. The van der Waals surface area contributed by atoms with Gasteiger partial charge < -0.3 is 19.9 Å². The molecule has 0 saturated heterocycles. The Morgan fingerprint density at radius 1 is 0.974 bits per heavy atom. The molecule has 38 heavy (non-hydrogen) atoms. The van der Waals surface area contributed by atoms with E-state index in [9.17, 15) is 9.90 Å². The van der Waals surface area contributed by atoms with Crippen molar-refractivity contribution in [2.45, 2.75) is 0 Å². The highest BCUT2D eigenvalue weighted by Crippen LogP contribution is 2.33. The minimum atomic E-state index is -0.0469. The van der Waals surface area contributed by atoms with Gasteiger partial charge in [0.2, 0.25) is 0 Å². The topological polar surface area (TPSA) is 84.8 Å². The number of aromatic amines is 1. The Morgan fingerprint density at radius 2 is 1.74 bits per heavy atom. The number of likely N-dealkylation sites (N-methyl/N-ethyl adjacent to an activating group) is 2. The van der Waals surface area contributed by atoms with Gasteiger partial charge in [-0.15, -0.1) is 0 Å². The minimum Gasteiger partial charge on any atom is -0.494 e. The molecule has 0 atom stereocenters. The molecule has 2 N–H and O–H groups in total. The fourth-order valence-corrected chi connectivity index (χ4v) is 4.53. The Labute approximate surface area is 226 Å². The van der Waals surface area contributed by atoms with E-state index in [4.69, 9.17) is 16.6 Å². The van der Waals surface area contributed by atoms with Crippen molar-refractivity contribution < 1.29 is 9.90 Å². The van der Waals surface area contributed by atoms with Crippen LogP contribution >= 0.6 is 11.6 Å². The molecule has 5 aromatic rings. The number of halogens is 1. The van der Waals surface area contributed by atoms with Crippen LogP contribution in [0.3, 0.4) is 0 Å². The molecule has 8 heteroatoms. The van der Waals surface area contributed by atoms with Crippen LogP contribution in [-0.2, 0) is 0 Å². The summed E-state index contributed by atoms with van der Waals surface area (Å²) >= 11 is 6.20. The van der Waals surface area contributed by atoms with Crippen molar-refractivity contribution in [3.8, 4) is 5.88 Å². The van der Waals surface area contributed by atoms with Gasteiger partial charge in [0.15, 0.2) is 5.88 Å². The Balaban J connectivity index is 1.58. The molecule has 3 aromatic carbocycles. The summed E-state index contributed by atoms with van der Waals surface area (Å²) in [5.41, 5.74) is 4.70. The smallest absolute Gasteiger partial charge is 0.253 e. The first-order valence-electron chi connectivity index (χ1n) is 12.2. The van der Waals surface area contributed by atoms with Crippen LogP contribution in [0.25, 0.3) is 21.8 Å². The number of carbonyl (C=O) groups is 1. The number of H-pyrrole nitrogens is 1. The van der Waals surface area contributed by atoms with Gasteiger partial charge in [0.1, 0.15) is 0 Å². The van der Waals surface area contributed by atoms with Crippen LogP contribution in [0, 0.1) is 0 Å². The standard InChI is InChI=1S/C30H28ClN5O2/c1-35(2)15-16-36(3)30(38)20-8-11-23(12-9-20)33-28(21-7-6-19-5-4-14-32-25(19)17-21)27-24-13-10-22(31)18-26(24)34-29(27)37/h4-14,17-18,34,37H,15-16H2,1-3H3. The van der Waals surface area contributed by atoms with Gasteiger partial charge >= 0.3 is 0 Å². The molecule has 0 radical (unpaired) electrons. The number of fused-ring (bicyclic) bond motifs is 2. The SMILES string of the molecule is CN(C)CCN(C)C(=O)c1ccc(N=C(c2ccc3cccnc3c2)c2c(O)[nH]c3cc(Cl)ccc23)cc1. The van der Waals surface area contributed by atoms with E-state index in [1.54, 1.807) is 42.4 Å². The van der Waals surface area contributed by atoms with Crippen molar-refractivity contribution in [3.63, 3.8) is 0 Å². The summed E-state index contributed by atoms with van der Waals surface area (Å²) in [6.07, 6.45) is 1.75. The van der Waals surface area contributed by atoms with E-state index in [-0.39, 0.29) is 11.8 Å². The lowest BCUT2D eigenvalue weighted by molar-refractivity contribution is 0.0786. The second kappa shape index (κ2) is 10.7. The molecule has 5 rings (SSSR count). The number of nitrogens with one attached hydrogen (secondary N) is 1. The number of hydrogen-bond acceptors (Lipinski definition) is 5. The van der Waals surface area contributed by atoms with E-state index >= 15 is 0 Å². The molecule has 2 aromatic heterocycles. The number of amides is 1. The lowest BCUT2D eigenvalue weighted by atomic mass is 9.99. The van der Waals surface area contributed by atoms with Crippen LogP contribution < -0.4 is 0 Å². The Bertz CT molecular complexity index is 1660. The third-order valence-corrected chi connectivity index (χ3v) is 6.68. The third-order valence-electron chi connectivity index (χ3n) is 6.44. The van der Waals surface area contributed by atoms with Crippen molar-refractivity contribution in [1.29, 1.82) is 0 Å². The second-order valence-corrected chi connectivity index (χ2v) is 9.92. The van der Waals surface area contributed by atoms with Crippen molar-refractivity contribution in [3.05, 3.63) is 101 Å². The van der Waals surface area contributed by atoms with Crippen molar-refractivity contribution in [2.75, 3.05) is 34.2 Å². The molecule has 0 saturated carbocycles. The molecule has 192 valence electrons. The van der Waals surface area contributed by atoms with Crippen molar-refractivity contribution in [1.82, 2.24) is 19.8 Å². The van der Waals surface area contributed by atoms with Gasteiger partial charge in [-0.3, -0.25) is 9.78 Å². The summed E-state index contributed by atoms with van der Waals surface area (Å²) in [4.78, 5) is 29.1. The van der Waals surface area contributed by atoms with Crippen molar-refractivity contribution >= 4 is 50.7 Å². The maximum absolute atomic E-state index is 12.9. The van der Waals surface area contributed by atoms with Gasteiger partial charge in [-0.1, -0.05) is 35.9 Å². The number of pyridine rings is 1. The number of nitrogens with zero attached hydrogens (tertiary/aromatic N) is 4. The minimum absolute atomic E-state index is 0.00329. The highest BCUT2D eigenvalue weighted by atomic mass is 35.5. The average molecular weight is 526 g/mol. The van der Waals surface area contributed by atoms with Crippen LogP contribution in [0.15, 0.2) is 84.0 Å². The first-order chi connectivity index (χ1) is 18.3. The molecule has 0 bridgehead atoms. The summed E-state index contributed by atoms with van der Waals surface area (Å²) in [7, 11) is 5.76. The van der Waals surface area contributed by atoms with E-state index < -0.39 is 0 Å². The highest BCUT2D eigenvalue weighted by molar-refractivity contribution is 6.31. The molecule has 0 unspecified atom stereocenters. The number of hydrogen-bond donors (Lipinski definition) is 2. The van der Waals surface area contributed by atoms with E-state index in [2.05, 4.69) is 9.97 Å². The van der Waals surface area contributed by atoms with Crippen LogP contribution in [0.1, 0.15) is 21.5 Å². The molecule has 0 fully saturated rings. The number of benzene rings is 3. The van der Waals surface area contributed by atoms with Gasteiger partial charge in [0.25, 0.3) is 5.91 Å². The van der Waals surface area contributed by atoms with Gasteiger partial charge in [0.05, 0.1) is 28.0 Å². The molecule has 7 nitrogen and oxygen atoms in total. The fraction of sp³-hybridized carbons (Fsp3) is 0.167. The number of rotatable bonds is 7. The lowest BCUT2D eigenvalue weighted by Crippen LogP contribution is -2.33. The van der Waals surface area contributed by atoms with Crippen molar-refractivity contribution in [2.24, 2.45) is 4.99 Å². The van der Waals surface area contributed by atoms with E-state index in [1.807, 2.05) is 67.5 Å². The molecule has 1 amide bonds. The molecule has 0 aliphatic carbocycles. The van der Waals surface area contributed by atoms with Gasteiger partial charge in [-0.2, -0.15) is 0 Å². The maximum atomic E-state index is 12.9. The summed E-state index contributed by atoms with van der Waals surface area (Å²) in [5, 5.41) is 13.3. The zero-order valence-corrected chi connectivity index (χ0v) is 22.2. The predicted octanol–water partition coefficient (Wildman–Crippen LogP) is 5.88. The molecule has 0 spiro atoms. The molecule has 0 aliphatic heterocycles. The van der Waals surface area contributed by atoms with E-state index in [0.717, 1.165) is 28.4 Å². The summed E-state index contributed by atoms with van der Waals surface area (Å²) in [5.74, 6) is -0.0502. The fourth-order valence-electron chi connectivity index (χ4n) is 4.35. The number of aliphatic imine (C=N–C) groups is 1. The van der Waals surface area contributed by atoms with Crippen LogP contribution in [0.2, 0.25) is 5.02 Å². The summed E-state index contributed by atoms with van der Waals surface area (Å²) < 4.78 is 0. The summed E-state index contributed by atoms with van der Waals surface area (Å²) in [6, 6.07) is 22.4. The van der Waals surface area contributed by atoms with Crippen LogP contribution in [-0.4, -0.2) is 70.7 Å². The quantitative estimate of drug-likeness (QED) is 0.260. The maximum Gasteiger partial charge on any atom is 0.253 e. The zero-order chi connectivity index (χ0) is 26.8. The number of carbonyl (C=O) groups excluding carboxylic acids is 1. The average Bonchev–Trinajstić information content (AvgIpc) is 3.24. The first-order valence-corrected chi connectivity index (χ1v) is 12.6. The summed E-state index contributed by atoms with van der Waals surface area (Å²) in [6.45, 7) is 1.42. The van der Waals surface area contributed by atoms with Gasteiger partial charge in [-0.05, 0) is 62.6 Å². The molecule has 2 heterocycles. The molecular weight excluding hydrogens is 498 g/mol. The zero-order valence-electron chi connectivity index (χ0n) is 21.4. The largest absolute Gasteiger partial charge is 0.494 e. The molecule has 0 aliphatic rings. The highest BCUT2D eigenvalue weighted by Gasteiger charge is 2.20. The third kappa shape index (κ3) is 5.25. The van der Waals surface area contributed by atoms with Crippen LogP contribution in [0.5, 0.6) is 5.88 Å². The van der Waals surface area contributed by atoms with Crippen LogP contribution in [0.4, 0.5) is 5.69 Å². The Kier molecular flexibility index (Phi) is 7.13. The van der Waals surface area contributed by atoms with E-state index in [1.165, 1.54) is 0 Å². The lowest BCUT2D eigenvalue weighted by Gasteiger charge is -2.19. The Hall–Kier alpha value is -4.20. The molecular formula is C30H28ClN5O2. The van der Waals surface area contributed by atoms with Gasteiger partial charge in [-0.25, -0.2) is 4.99 Å². The normalized spacial score (nSPS) is 12.0. The Morgan fingerprint density at radius 3 is 2.50 bits per heavy atom. The predicted molar refractivity (Wildman–Crippen MR) is 154 cm³/mol. The number of aromatic nitrogens is 2. The monoisotopic (exact) mass is 525 g/mol. The van der Waals surface area contributed by atoms with E-state index in [0.29, 0.717) is 39.6 Å². The second-order valence-electron chi connectivity index (χ2n) is 9.49. The first kappa shape index (κ1) is 25.4. The van der Waals surface area contributed by atoms with Gasteiger partial charge in [0, 0.05) is 53.3 Å².